The van der Waals surface area contributed by atoms with Crippen molar-refractivity contribution in [2.24, 2.45) is 0 Å². The number of hydrogen-bond acceptors (Lipinski definition) is 0. The van der Waals surface area contributed by atoms with E-state index >= 15 is 0 Å². The molecule has 3 rings (SSSR count). The van der Waals surface area contributed by atoms with Crippen LogP contribution in [0.5, 0.6) is 0 Å². The third kappa shape index (κ3) is 1.85. The van der Waals surface area contributed by atoms with Crippen LogP contribution in [-0.4, -0.2) is 7.85 Å². The van der Waals surface area contributed by atoms with Gasteiger partial charge in [-0.1, -0.05) is 66.1 Å². The third-order valence-electron chi connectivity index (χ3n) is 3.18. The quantitative estimate of drug-likeness (QED) is 0.548. The van der Waals surface area contributed by atoms with Gasteiger partial charge in [-0.2, -0.15) is 0 Å². The summed E-state index contributed by atoms with van der Waals surface area (Å²) in [5.74, 6) is 0. The standard InChI is InChI=1S/C16H13B/c17-16-11-14-9-5-4-8-13(14)10-15(16)12-6-2-1-3-7-12/h1-11H,17H2. The first-order valence-corrected chi connectivity index (χ1v) is 5.89. The second-order valence-corrected chi connectivity index (χ2v) is 4.38. The molecule has 0 nitrogen and oxygen atoms in total. The highest BCUT2D eigenvalue weighted by Gasteiger charge is 2.02. The minimum Gasteiger partial charge on any atom is -0.0806 e. The molecule has 17 heavy (non-hydrogen) atoms. The molecule has 0 aliphatic heterocycles. The first kappa shape index (κ1) is 10.2. The summed E-state index contributed by atoms with van der Waals surface area (Å²) in [5.41, 5.74) is 3.94. The topological polar surface area (TPSA) is 0 Å². The fraction of sp³-hybridized carbons (Fsp3) is 0. The lowest BCUT2D eigenvalue weighted by Crippen LogP contribution is -2.06. The highest BCUT2D eigenvalue weighted by molar-refractivity contribution is 6.37. The zero-order valence-corrected chi connectivity index (χ0v) is 9.85. The fourth-order valence-electron chi connectivity index (χ4n) is 2.28. The molecular formula is C16H13B. The Morgan fingerprint density at radius 3 is 1.94 bits per heavy atom. The summed E-state index contributed by atoms with van der Waals surface area (Å²) in [6, 6.07) is 23.6. The number of rotatable bonds is 1. The highest BCUT2D eigenvalue weighted by atomic mass is 14.0. The molecule has 0 fully saturated rings. The van der Waals surface area contributed by atoms with E-state index in [1.165, 1.54) is 27.4 Å². The molecule has 3 aromatic rings. The average Bonchev–Trinajstić information content (AvgIpc) is 2.39. The summed E-state index contributed by atoms with van der Waals surface area (Å²) < 4.78 is 0. The molecule has 80 valence electrons. The van der Waals surface area contributed by atoms with Gasteiger partial charge in [0.15, 0.2) is 0 Å². The molecule has 0 aromatic heterocycles. The van der Waals surface area contributed by atoms with Crippen LogP contribution in [0.3, 0.4) is 0 Å². The molecular weight excluding hydrogens is 203 g/mol. The molecule has 0 N–H and O–H groups in total. The van der Waals surface area contributed by atoms with Gasteiger partial charge in [0.25, 0.3) is 0 Å². The lowest BCUT2D eigenvalue weighted by molar-refractivity contribution is 1.67. The zero-order chi connectivity index (χ0) is 11.7. The molecule has 0 bridgehead atoms. The molecule has 0 spiro atoms. The molecule has 0 heterocycles. The fourth-order valence-corrected chi connectivity index (χ4v) is 2.28. The smallest absolute Gasteiger partial charge is 0.0806 e. The first-order valence-electron chi connectivity index (χ1n) is 5.89. The van der Waals surface area contributed by atoms with Crippen LogP contribution in [0.15, 0.2) is 66.7 Å². The molecule has 0 radical (unpaired) electrons. The first-order chi connectivity index (χ1) is 8.34. The van der Waals surface area contributed by atoms with Crippen molar-refractivity contribution in [3.63, 3.8) is 0 Å². The van der Waals surface area contributed by atoms with E-state index < -0.39 is 0 Å². The van der Waals surface area contributed by atoms with Gasteiger partial charge in [0.1, 0.15) is 7.85 Å². The molecule has 0 saturated carbocycles. The van der Waals surface area contributed by atoms with Gasteiger partial charge in [0.2, 0.25) is 0 Å². The molecule has 0 amide bonds. The summed E-state index contributed by atoms with van der Waals surface area (Å²) in [5, 5.41) is 2.61. The van der Waals surface area contributed by atoms with E-state index in [9.17, 15) is 0 Å². The molecule has 3 aromatic carbocycles. The Balaban J connectivity index is 2.27. The summed E-state index contributed by atoms with van der Waals surface area (Å²) in [6.45, 7) is 0. The van der Waals surface area contributed by atoms with Crippen LogP contribution in [0, 0.1) is 0 Å². The largest absolute Gasteiger partial charge is 0.140 e. The van der Waals surface area contributed by atoms with Gasteiger partial charge in [-0.25, -0.2) is 0 Å². The van der Waals surface area contributed by atoms with Gasteiger partial charge in [0, 0.05) is 0 Å². The van der Waals surface area contributed by atoms with Crippen LogP contribution in [0.25, 0.3) is 21.9 Å². The van der Waals surface area contributed by atoms with Gasteiger partial charge >= 0.3 is 0 Å². The van der Waals surface area contributed by atoms with Crippen molar-refractivity contribution in [1.82, 2.24) is 0 Å². The predicted octanol–water partition coefficient (Wildman–Crippen LogP) is 2.77. The monoisotopic (exact) mass is 216 g/mol. The van der Waals surface area contributed by atoms with Crippen LogP contribution in [0.4, 0.5) is 0 Å². The van der Waals surface area contributed by atoms with Gasteiger partial charge in [-0.05, 0) is 28.0 Å². The number of benzene rings is 3. The normalized spacial score (nSPS) is 10.6. The molecule has 0 saturated heterocycles. The SMILES string of the molecule is Bc1cc2ccccc2cc1-c1ccccc1. The van der Waals surface area contributed by atoms with Gasteiger partial charge in [-0.15, -0.1) is 0 Å². The van der Waals surface area contributed by atoms with Gasteiger partial charge in [0.05, 0.1) is 0 Å². The van der Waals surface area contributed by atoms with Crippen LogP contribution in [0.1, 0.15) is 0 Å². The number of fused-ring (bicyclic) bond motifs is 1. The van der Waals surface area contributed by atoms with E-state index in [4.69, 9.17) is 0 Å². The molecule has 1 heteroatoms. The Morgan fingerprint density at radius 2 is 1.24 bits per heavy atom. The van der Waals surface area contributed by atoms with Crippen molar-refractivity contribution < 1.29 is 0 Å². The zero-order valence-electron chi connectivity index (χ0n) is 9.85. The van der Waals surface area contributed by atoms with Crippen LogP contribution in [-0.2, 0) is 0 Å². The Kier molecular flexibility index (Phi) is 2.45. The van der Waals surface area contributed by atoms with Crippen molar-refractivity contribution >= 4 is 24.1 Å². The van der Waals surface area contributed by atoms with E-state index in [1.54, 1.807) is 0 Å². The molecule has 0 aliphatic carbocycles. The average molecular weight is 216 g/mol. The summed E-state index contributed by atoms with van der Waals surface area (Å²) >= 11 is 0. The summed E-state index contributed by atoms with van der Waals surface area (Å²) in [7, 11) is 2.18. The lowest BCUT2D eigenvalue weighted by atomic mass is 9.85. The maximum Gasteiger partial charge on any atom is 0.140 e. The predicted molar refractivity (Wildman–Crippen MR) is 77.6 cm³/mol. The van der Waals surface area contributed by atoms with Crippen molar-refractivity contribution in [2.45, 2.75) is 0 Å². The van der Waals surface area contributed by atoms with Crippen LogP contribution >= 0.6 is 0 Å². The maximum atomic E-state index is 2.28. The lowest BCUT2D eigenvalue weighted by Gasteiger charge is -2.08. The molecule has 0 aliphatic rings. The van der Waals surface area contributed by atoms with Crippen molar-refractivity contribution in [1.29, 1.82) is 0 Å². The third-order valence-corrected chi connectivity index (χ3v) is 3.18. The summed E-state index contributed by atoms with van der Waals surface area (Å²) in [6.07, 6.45) is 0. The molecule has 0 unspecified atom stereocenters. The van der Waals surface area contributed by atoms with Gasteiger partial charge in [-0.3, -0.25) is 0 Å². The van der Waals surface area contributed by atoms with E-state index in [2.05, 4.69) is 74.6 Å². The molecule has 0 atom stereocenters. The van der Waals surface area contributed by atoms with E-state index in [1.807, 2.05) is 0 Å². The van der Waals surface area contributed by atoms with Crippen molar-refractivity contribution in [2.75, 3.05) is 0 Å². The second kappa shape index (κ2) is 4.10. The maximum absolute atomic E-state index is 2.28. The van der Waals surface area contributed by atoms with E-state index in [0.717, 1.165) is 0 Å². The number of hydrogen-bond donors (Lipinski definition) is 0. The van der Waals surface area contributed by atoms with Crippen LogP contribution in [0.2, 0.25) is 0 Å². The van der Waals surface area contributed by atoms with E-state index in [-0.39, 0.29) is 0 Å². The minimum absolute atomic E-state index is 1.29. The Morgan fingerprint density at radius 1 is 0.647 bits per heavy atom. The Hall–Kier alpha value is -2.02. The van der Waals surface area contributed by atoms with E-state index in [0.29, 0.717) is 0 Å². The Labute approximate surface area is 102 Å². The van der Waals surface area contributed by atoms with Crippen molar-refractivity contribution in [3.8, 4) is 11.1 Å². The van der Waals surface area contributed by atoms with Gasteiger partial charge < -0.3 is 0 Å². The van der Waals surface area contributed by atoms with Crippen molar-refractivity contribution in [3.05, 3.63) is 66.7 Å². The second-order valence-electron chi connectivity index (χ2n) is 4.38. The van der Waals surface area contributed by atoms with Crippen LogP contribution < -0.4 is 5.46 Å². The highest BCUT2D eigenvalue weighted by Crippen LogP contribution is 2.21. The minimum atomic E-state index is 1.29. The Bertz CT molecular complexity index is 657. The summed E-state index contributed by atoms with van der Waals surface area (Å²) in [4.78, 5) is 0.